The number of hydrogen-bond donors (Lipinski definition) is 2. The Balaban J connectivity index is 2.06. The Morgan fingerprint density at radius 1 is 1.59 bits per heavy atom. The normalized spacial score (nSPS) is 21.7. The molecule has 1 heterocycles. The maximum absolute atomic E-state index is 13.7. The van der Waals surface area contributed by atoms with E-state index < -0.39 is 0 Å². The lowest BCUT2D eigenvalue weighted by Gasteiger charge is -2.22. The van der Waals surface area contributed by atoms with Gasteiger partial charge in [-0.1, -0.05) is 22.0 Å². The van der Waals surface area contributed by atoms with Crippen molar-refractivity contribution in [1.29, 1.82) is 0 Å². The van der Waals surface area contributed by atoms with Crippen molar-refractivity contribution >= 4 is 15.9 Å². The van der Waals surface area contributed by atoms with Gasteiger partial charge in [0.2, 0.25) is 0 Å². The third kappa shape index (κ3) is 3.25. The van der Waals surface area contributed by atoms with Crippen molar-refractivity contribution in [3.63, 3.8) is 0 Å². The van der Waals surface area contributed by atoms with E-state index >= 15 is 0 Å². The third-order valence-corrected chi connectivity index (χ3v) is 3.58. The maximum Gasteiger partial charge on any atom is 0.127 e. The smallest absolute Gasteiger partial charge is 0.127 e. The molecular formula is C12H16BrFN2O. The molecule has 3 N–H and O–H groups in total. The van der Waals surface area contributed by atoms with E-state index in [0.717, 1.165) is 23.9 Å². The van der Waals surface area contributed by atoms with Crippen molar-refractivity contribution in [2.75, 3.05) is 6.61 Å². The zero-order chi connectivity index (χ0) is 12.3. The van der Waals surface area contributed by atoms with Gasteiger partial charge in [-0.3, -0.25) is 11.3 Å². The summed E-state index contributed by atoms with van der Waals surface area (Å²) in [6.07, 6.45) is 2.65. The highest BCUT2D eigenvalue weighted by Gasteiger charge is 2.25. The fourth-order valence-electron chi connectivity index (χ4n) is 2.14. The van der Waals surface area contributed by atoms with Gasteiger partial charge in [-0.2, -0.15) is 0 Å². The predicted octanol–water partition coefficient (Wildman–Crippen LogP) is 2.14. The van der Waals surface area contributed by atoms with Crippen LogP contribution in [0, 0.1) is 5.82 Å². The van der Waals surface area contributed by atoms with E-state index in [4.69, 9.17) is 10.6 Å². The van der Waals surface area contributed by atoms with Gasteiger partial charge in [-0.25, -0.2) is 4.39 Å². The number of halogens is 2. The molecule has 0 spiro atoms. The first-order valence-electron chi connectivity index (χ1n) is 5.72. The Morgan fingerprint density at radius 3 is 3.00 bits per heavy atom. The molecule has 17 heavy (non-hydrogen) atoms. The van der Waals surface area contributed by atoms with Crippen molar-refractivity contribution in [3.05, 3.63) is 34.1 Å². The van der Waals surface area contributed by atoms with Crippen LogP contribution in [0.4, 0.5) is 4.39 Å². The number of nitrogens with two attached hydrogens (primary N) is 1. The van der Waals surface area contributed by atoms with Crippen LogP contribution in [0.5, 0.6) is 0 Å². The van der Waals surface area contributed by atoms with Crippen molar-refractivity contribution < 1.29 is 9.13 Å². The van der Waals surface area contributed by atoms with Gasteiger partial charge in [-0.05, 0) is 37.0 Å². The summed E-state index contributed by atoms with van der Waals surface area (Å²) in [5, 5.41) is 0. The first kappa shape index (κ1) is 13.0. The van der Waals surface area contributed by atoms with E-state index in [2.05, 4.69) is 21.4 Å². The van der Waals surface area contributed by atoms with Crippen LogP contribution in [0.1, 0.15) is 18.4 Å². The van der Waals surface area contributed by atoms with Crippen LogP contribution in [0.3, 0.4) is 0 Å². The summed E-state index contributed by atoms with van der Waals surface area (Å²) < 4.78 is 20.0. The average molecular weight is 303 g/mol. The molecule has 1 aromatic rings. The second-order valence-corrected chi connectivity index (χ2v) is 5.18. The van der Waals surface area contributed by atoms with Crippen LogP contribution in [-0.4, -0.2) is 18.8 Å². The molecule has 0 amide bonds. The van der Waals surface area contributed by atoms with E-state index in [1.807, 2.05) is 6.07 Å². The monoisotopic (exact) mass is 302 g/mol. The zero-order valence-electron chi connectivity index (χ0n) is 9.46. The molecule has 2 atom stereocenters. The number of hydrazine groups is 1. The molecule has 2 unspecified atom stereocenters. The molecule has 2 rings (SSSR count). The Bertz CT molecular complexity index is 383. The summed E-state index contributed by atoms with van der Waals surface area (Å²) in [5.74, 6) is 5.31. The third-order valence-electron chi connectivity index (χ3n) is 3.08. The number of nitrogens with one attached hydrogen (secondary N) is 1. The highest BCUT2D eigenvalue weighted by atomic mass is 79.9. The van der Waals surface area contributed by atoms with Gasteiger partial charge in [0.05, 0.1) is 12.1 Å². The second kappa shape index (κ2) is 5.91. The first-order chi connectivity index (χ1) is 8.20. The summed E-state index contributed by atoms with van der Waals surface area (Å²) in [6, 6.07) is 5.05. The van der Waals surface area contributed by atoms with Gasteiger partial charge in [0, 0.05) is 11.1 Å². The van der Waals surface area contributed by atoms with Crippen molar-refractivity contribution in [2.24, 2.45) is 5.84 Å². The molecule has 0 saturated carbocycles. The molecule has 1 aromatic carbocycles. The Hall–Kier alpha value is -0.490. The quantitative estimate of drug-likeness (QED) is 0.662. The lowest BCUT2D eigenvalue weighted by atomic mass is 10.00. The van der Waals surface area contributed by atoms with Gasteiger partial charge < -0.3 is 4.74 Å². The van der Waals surface area contributed by atoms with Gasteiger partial charge >= 0.3 is 0 Å². The summed E-state index contributed by atoms with van der Waals surface area (Å²) >= 11 is 3.24. The molecular weight excluding hydrogens is 287 g/mol. The van der Waals surface area contributed by atoms with E-state index in [-0.39, 0.29) is 18.0 Å². The number of ether oxygens (including phenoxy) is 1. The molecule has 3 nitrogen and oxygen atoms in total. The second-order valence-electron chi connectivity index (χ2n) is 4.26. The van der Waals surface area contributed by atoms with Crippen molar-refractivity contribution in [3.8, 4) is 0 Å². The van der Waals surface area contributed by atoms with Crippen LogP contribution in [-0.2, 0) is 11.2 Å². The van der Waals surface area contributed by atoms with Gasteiger partial charge in [0.25, 0.3) is 0 Å². The van der Waals surface area contributed by atoms with Crippen LogP contribution >= 0.6 is 15.9 Å². The fourth-order valence-corrected chi connectivity index (χ4v) is 2.47. The number of hydrogen-bond acceptors (Lipinski definition) is 3. The Labute approximate surface area is 109 Å². The average Bonchev–Trinajstić information content (AvgIpc) is 2.81. The molecule has 1 fully saturated rings. The molecule has 5 heteroatoms. The molecule has 0 aromatic heterocycles. The first-order valence-corrected chi connectivity index (χ1v) is 6.51. The van der Waals surface area contributed by atoms with E-state index in [1.54, 1.807) is 6.07 Å². The Kier molecular flexibility index (Phi) is 4.50. The van der Waals surface area contributed by atoms with E-state index in [1.165, 1.54) is 6.07 Å². The highest BCUT2D eigenvalue weighted by molar-refractivity contribution is 9.10. The van der Waals surface area contributed by atoms with E-state index in [9.17, 15) is 4.39 Å². The van der Waals surface area contributed by atoms with Crippen molar-refractivity contribution in [2.45, 2.75) is 31.4 Å². The largest absolute Gasteiger partial charge is 0.377 e. The Morgan fingerprint density at radius 2 is 2.41 bits per heavy atom. The SMILES string of the molecule is NNC(Cc1ccc(Br)cc1F)C1CCCO1. The fraction of sp³-hybridized carbons (Fsp3) is 0.500. The van der Waals surface area contributed by atoms with Crippen LogP contribution in [0.25, 0.3) is 0 Å². The zero-order valence-corrected chi connectivity index (χ0v) is 11.0. The lowest BCUT2D eigenvalue weighted by Crippen LogP contribution is -2.45. The van der Waals surface area contributed by atoms with Gasteiger partial charge in [-0.15, -0.1) is 0 Å². The maximum atomic E-state index is 13.7. The van der Waals surface area contributed by atoms with Gasteiger partial charge in [0.15, 0.2) is 0 Å². The van der Waals surface area contributed by atoms with Crippen molar-refractivity contribution in [1.82, 2.24) is 5.43 Å². The minimum Gasteiger partial charge on any atom is -0.377 e. The summed E-state index contributed by atoms with van der Waals surface area (Å²) in [7, 11) is 0. The molecule has 1 aliphatic rings. The molecule has 1 saturated heterocycles. The summed E-state index contributed by atoms with van der Waals surface area (Å²) in [6.45, 7) is 0.770. The topological polar surface area (TPSA) is 47.3 Å². The summed E-state index contributed by atoms with van der Waals surface area (Å²) in [4.78, 5) is 0. The molecule has 0 bridgehead atoms. The molecule has 94 valence electrons. The predicted molar refractivity (Wildman–Crippen MR) is 67.9 cm³/mol. The highest BCUT2D eigenvalue weighted by Crippen LogP contribution is 2.21. The van der Waals surface area contributed by atoms with Crippen LogP contribution in [0.2, 0.25) is 0 Å². The minimum absolute atomic E-state index is 0.0341. The standard InChI is InChI=1S/C12H16BrFN2O/c13-9-4-3-8(10(14)7-9)6-11(16-15)12-2-1-5-17-12/h3-4,7,11-12,16H,1-2,5-6,15H2. The van der Waals surface area contributed by atoms with Crippen LogP contribution < -0.4 is 11.3 Å². The molecule has 0 aliphatic carbocycles. The summed E-state index contributed by atoms with van der Waals surface area (Å²) in [5.41, 5.74) is 3.39. The minimum atomic E-state index is -0.211. The van der Waals surface area contributed by atoms with Gasteiger partial charge in [0.1, 0.15) is 5.82 Å². The lowest BCUT2D eigenvalue weighted by molar-refractivity contribution is 0.0782. The number of benzene rings is 1. The van der Waals surface area contributed by atoms with E-state index in [0.29, 0.717) is 12.0 Å². The molecule has 0 radical (unpaired) electrons. The number of rotatable bonds is 4. The molecule has 1 aliphatic heterocycles. The van der Waals surface area contributed by atoms with Crippen LogP contribution in [0.15, 0.2) is 22.7 Å².